The summed E-state index contributed by atoms with van der Waals surface area (Å²) in [6.45, 7) is 5.84. The summed E-state index contributed by atoms with van der Waals surface area (Å²) in [5, 5.41) is 5.34. The molecule has 1 fully saturated rings. The molecule has 0 spiro atoms. The molecule has 1 aromatic rings. The molecule has 0 aromatic heterocycles. The van der Waals surface area contributed by atoms with Gasteiger partial charge in [-0.05, 0) is 31.2 Å². The molecule has 1 aliphatic heterocycles. The summed E-state index contributed by atoms with van der Waals surface area (Å²) >= 11 is 0. The van der Waals surface area contributed by atoms with Crippen LogP contribution in [0.15, 0.2) is 29.2 Å². The van der Waals surface area contributed by atoms with Gasteiger partial charge in [0, 0.05) is 45.3 Å². The summed E-state index contributed by atoms with van der Waals surface area (Å²) < 4.78 is 26.8. The van der Waals surface area contributed by atoms with Crippen molar-refractivity contribution in [2.75, 3.05) is 44.6 Å². The SMILES string of the molecule is CCNC(=O)CN1CCN(S(=O)(=O)c2ccc(NC(C)=O)cc2)CC1. The lowest BCUT2D eigenvalue weighted by molar-refractivity contribution is -0.122. The van der Waals surface area contributed by atoms with E-state index in [4.69, 9.17) is 0 Å². The Bertz CT molecular complexity index is 710. The second-order valence-corrected chi connectivity index (χ2v) is 7.78. The number of sulfonamides is 1. The number of hydrogen-bond acceptors (Lipinski definition) is 5. The van der Waals surface area contributed by atoms with E-state index < -0.39 is 10.0 Å². The van der Waals surface area contributed by atoms with E-state index in [9.17, 15) is 18.0 Å². The van der Waals surface area contributed by atoms with E-state index in [2.05, 4.69) is 10.6 Å². The number of rotatable bonds is 6. The molecule has 1 aliphatic rings. The Morgan fingerprint density at radius 1 is 1.08 bits per heavy atom. The van der Waals surface area contributed by atoms with Gasteiger partial charge in [0.15, 0.2) is 0 Å². The molecule has 2 rings (SSSR count). The summed E-state index contributed by atoms with van der Waals surface area (Å²) in [6.07, 6.45) is 0. The standard InChI is InChI=1S/C16H24N4O4S/c1-3-17-16(22)12-19-8-10-20(11-9-19)25(23,24)15-6-4-14(5-7-15)18-13(2)21/h4-7H,3,8-12H2,1-2H3,(H,17,22)(H,18,21). The highest BCUT2D eigenvalue weighted by atomic mass is 32.2. The fraction of sp³-hybridized carbons (Fsp3) is 0.500. The molecule has 8 nitrogen and oxygen atoms in total. The molecular weight excluding hydrogens is 344 g/mol. The fourth-order valence-corrected chi connectivity index (χ4v) is 4.07. The third-order valence-corrected chi connectivity index (χ3v) is 5.80. The van der Waals surface area contributed by atoms with Gasteiger partial charge in [-0.1, -0.05) is 0 Å². The predicted octanol–water partition coefficient (Wildman–Crippen LogP) is 0.0874. The van der Waals surface area contributed by atoms with Crippen LogP contribution in [-0.2, 0) is 19.6 Å². The van der Waals surface area contributed by atoms with E-state index in [1.807, 2.05) is 11.8 Å². The Morgan fingerprint density at radius 3 is 2.20 bits per heavy atom. The Morgan fingerprint density at radius 2 is 1.68 bits per heavy atom. The minimum absolute atomic E-state index is 0.0487. The molecule has 0 aliphatic carbocycles. The number of amides is 2. The van der Waals surface area contributed by atoms with Crippen molar-refractivity contribution in [2.24, 2.45) is 0 Å². The van der Waals surface area contributed by atoms with Crippen LogP contribution >= 0.6 is 0 Å². The van der Waals surface area contributed by atoms with Crippen LogP contribution in [0.2, 0.25) is 0 Å². The number of carbonyl (C=O) groups excluding carboxylic acids is 2. The van der Waals surface area contributed by atoms with E-state index in [-0.39, 0.29) is 23.3 Å². The molecule has 25 heavy (non-hydrogen) atoms. The molecule has 0 bridgehead atoms. The van der Waals surface area contributed by atoms with Gasteiger partial charge in [0.25, 0.3) is 0 Å². The highest BCUT2D eigenvalue weighted by Gasteiger charge is 2.28. The highest BCUT2D eigenvalue weighted by Crippen LogP contribution is 2.19. The molecule has 0 unspecified atom stereocenters. The van der Waals surface area contributed by atoms with Crippen molar-refractivity contribution in [2.45, 2.75) is 18.7 Å². The van der Waals surface area contributed by atoms with E-state index in [1.165, 1.54) is 23.4 Å². The monoisotopic (exact) mass is 368 g/mol. The zero-order chi connectivity index (χ0) is 18.4. The third-order valence-electron chi connectivity index (χ3n) is 3.88. The van der Waals surface area contributed by atoms with Crippen molar-refractivity contribution in [1.29, 1.82) is 0 Å². The lowest BCUT2D eigenvalue weighted by Crippen LogP contribution is -2.51. The van der Waals surface area contributed by atoms with Crippen molar-refractivity contribution < 1.29 is 18.0 Å². The molecule has 0 radical (unpaired) electrons. The molecule has 1 saturated heterocycles. The first-order chi connectivity index (χ1) is 11.8. The largest absolute Gasteiger partial charge is 0.355 e. The normalized spacial score (nSPS) is 16.4. The van der Waals surface area contributed by atoms with Crippen LogP contribution in [0.5, 0.6) is 0 Å². The van der Waals surface area contributed by atoms with Crippen LogP contribution in [0, 0.1) is 0 Å². The van der Waals surface area contributed by atoms with Gasteiger partial charge >= 0.3 is 0 Å². The molecule has 0 atom stereocenters. The van der Waals surface area contributed by atoms with Crippen LogP contribution < -0.4 is 10.6 Å². The summed E-state index contributed by atoms with van der Waals surface area (Å²) in [5.74, 6) is -0.258. The number of likely N-dealkylation sites (N-methyl/N-ethyl adjacent to an activating group) is 1. The van der Waals surface area contributed by atoms with Gasteiger partial charge in [-0.25, -0.2) is 8.42 Å². The predicted molar refractivity (Wildman–Crippen MR) is 94.6 cm³/mol. The van der Waals surface area contributed by atoms with E-state index in [1.54, 1.807) is 12.1 Å². The summed E-state index contributed by atoms with van der Waals surface area (Å²) in [6, 6.07) is 6.11. The van der Waals surface area contributed by atoms with Crippen molar-refractivity contribution >= 4 is 27.5 Å². The topological polar surface area (TPSA) is 98.8 Å². The van der Waals surface area contributed by atoms with Crippen LogP contribution in [-0.4, -0.2) is 68.7 Å². The lowest BCUT2D eigenvalue weighted by atomic mass is 10.3. The summed E-state index contributed by atoms with van der Waals surface area (Å²) in [4.78, 5) is 24.8. The first kappa shape index (κ1) is 19.4. The second kappa shape index (κ2) is 8.41. The van der Waals surface area contributed by atoms with Crippen molar-refractivity contribution in [3.05, 3.63) is 24.3 Å². The molecule has 2 amide bonds. The van der Waals surface area contributed by atoms with Crippen molar-refractivity contribution in [3.63, 3.8) is 0 Å². The number of anilines is 1. The molecule has 0 saturated carbocycles. The first-order valence-electron chi connectivity index (χ1n) is 8.19. The Balaban J connectivity index is 1.97. The quantitative estimate of drug-likeness (QED) is 0.741. The van der Waals surface area contributed by atoms with Crippen LogP contribution in [0.25, 0.3) is 0 Å². The van der Waals surface area contributed by atoms with Crippen LogP contribution in [0.1, 0.15) is 13.8 Å². The molecule has 2 N–H and O–H groups in total. The zero-order valence-electron chi connectivity index (χ0n) is 14.5. The maximum Gasteiger partial charge on any atom is 0.243 e. The Hall–Kier alpha value is -1.97. The van der Waals surface area contributed by atoms with Gasteiger partial charge in [-0.15, -0.1) is 0 Å². The number of carbonyl (C=O) groups is 2. The lowest BCUT2D eigenvalue weighted by Gasteiger charge is -2.33. The Kier molecular flexibility index (Phi) is 6.51. The van der Waals surface area contributed by atoms with Gasteiger partial charge in [-0.2, -0.15) is 4.31 Å². The maximum atomic E-state index is 12.7. The van der Waals surface area contributed by atoms with Crippen molar-refractivity contribution in [1.82, 2.24) is 14.5 Å². The van der Waals surface area contributed by atoms with Crippen LogP contribution in [0.3, 0.4) is 0 Å². The number of hydrogen-bond donors (Lipinski definition) is 2. The second-order valence-electron chi connectivity index (χ2n) is 5.84. The smallest absolute Gasteiger partial charge is 0.243 e. The summed E-state index contributed by atoms with van der Waals surface area (Å²) in [7, 11) is -3.58. The van der Waals surface area contributed by atoms with E-state index in [0.717, 1.165) is 0 Å². The highest BCUT2D eigenvalue weighted by molar-refractivity contribution is 7.89. The molecular formula is C16H24N4O4S. The van der Waals surface area contributed by atoms with Gasteiger partial charge in [0.2, 0.25) is 21.8 Å². The third kappa shape index (κ3) is 5.25. The molecule has 1 heterocycles. The Labute approximate surface area is 148 Å². The maximum absolute atomic E-state index is 12.7. The fourth-order valence-electron chi connectivity index (χ4n) is 2.65. The van der Waals surface area contributed by atoms with Gasteiger partial charge < -0.3 is 10.6 Å². The van der Waals surface area contributed by atoms with Gasteiger partial charge in [0.05, 0.1) is 11.4 Å². The zero-order valence-corrected chi connectivity index (χ0v) is 15.3. The minimum atomic E-state index is -3.58. The molecule has 9 heteroatoms. The number of nitrogens with one attached hydrogen (secondary N) is 2. The van der Waals surface area contributed by atoms with Gasteiger partial charge in [-0.3, -0.25) is 14.5 Å². The van der Waals surface area contributed by atoms with E-state index >= 15 is 0 Å². The van der Waals surface area contributed by atoms with E-state index in [0.29, 0.717) is 38.4 Å². The average Bonchev–Trinajstić information content (AvgIpc) is 2.55. The molecule has 138 valence electrons. The summed E-state index contributed by atoms with van der Waals surface area (Å²) in [5.41, 5.74) is 0.554. The number of benzene rings is 1. The van der Waals surface area contributed by atoms with Crippen LogP contribution in [0.4, 0.5) is 5.69 Å². The minimum Gasteiger partial charge on any atom is -0.355 e. The molecule has 1 aromatic carbocycles. The average molecular weight is 368 g/mol. The number of nitrogens with zero attached hydrogens (tertiary/aromatic N) is 2. The first-order valence-corrected chi connectivity index (χ1v) is 9.64. The number of piperazine rings is 1. The van der Waals surface area contributed by atoms with Gasteiger partial charge in [0.1, 0.15) is 0 Å². The van der Waals surface area contributed by atoms with Crippen molar-refractivity contribution in [3.8, 4) is 0 Å².